The largest absolute Gasteiger partial charge is 0.497 e. The first-order valence-electron chi connectivity index (χ1n) is 5.42. The molecule has 1 rings (SSSR count). The van der Waals surface area contributed by atoms with Crippen molar-refractivity contribution in [1.82, 2.24) is 10.3 Å². The second-order valence-electron chi connectivity index (χ2n) is 4.08. The maximum absolute atomic E-state index is 5.56. The molecule has 0 aliphatic carbocycles. The Labute approximate surface area is 97.4 Å². The summed E-state index contributed by atoms with van der Waals surface area (Å²) in [6, 6.07) is 8.18. The van der Waals surface area contributed by atoms with E-state index < -0.39 is 0 Å². The predicted molar refractivity (Wildman–Crippen MR) is 66.2 cm³/mol. The monoisotopic (exact) mass is 223 g/mol. The molecule has 0 aliphatic rings. The fraction of sp³-hybridized carbons (Fsp3) is 0.500. The molecular formula is C12H21N3O. The topological polar surface area (TPSA) is 50.5 Å². The molecule has 0 amide bonds. The molecule has 0 saturated carbocycles. The highest BCUT2D eigenvalue weighted by Crippen LogP contribution is 2.19. The number of methoxy groups -OCH3 is 1. The van der Waals surface area contributed by atoms with Crippen LogP contribution in [0.15, 0.2) is 24.3 Å². The molecule has 1 aromatic carbocycles. The van der Waals surface area contributed by atoms with Crippen LogP contribution in [0.25, 0.3) is 0 Å². The molecule has 4 nitrogen and oxygen atoms in total. The molecule has 1 unspecified atom stereocenters. The number of hydrogen-bond acceptors (Lipinski definition) is 4. The van der Waals surface area contributed by atoms with E-state index in [9.17, 15) is 0 Å². The summed E-state index contributed by atoms with van der Waals surface area (Å²) < 4.78 is 5.12. The van der Waals surface area contributed by atoms with Crippen molar-refractivity contribution < 1.29 is 4.74 Å². The Hall–Kier alpha value is -1.10. The van der Waals surface area contributed by atoms with Crippen LogP contribution in [0.2, 0.25) is 0 Å². The molecule has 0 aliphatic heterocycles. The lowest BCUT2D eigenvalue weighted by Crippen LogP contribution is -2.30. The lowest BCUT2D eigenvalue weighted by Gasteiger charge is -2.19. The molecular weight excluding hydrogens is 202 g/mol. The molecule has 0 aromatic heterocycles. The Morgan fingerprint density at radius 1 is 1.31 bits per heavy atom. The van der Waals surface area contributed by atoms with E-state index >= 15 is 0 Å². The molecule has 0 fully saturated rings. The third-order valence-corrected chi connectivity index (χ3v) is 2.58. The standard InChI is InChI=1S/C12H21N3O/c1-15(2)9-8-12(14-13)10-4-6-11(16-3)7-5-10/h4-7,12,14H,8-9,13H2,1-3H3. The van der Waals surface area contributed by atoms with Gasteiger partial charge in [0.1, 0.15) is 5.75 Å². The molecule has 4 heteroatoms. The van der Waals surface area contributed by atoms with E-state index in [2.05, 4.69) is 24.4 Å². The van der Waals surface area contributed by atoms with Crippen molar-refractivity contribution in [3.63, 3.8) is 0 Å². The summed E-state index contributed by atoms with van der Waals surface area (Å²) in [4.78, 5) is 2.15. The number of hydrogen-bond donors (Lipinski definition) is 2. The molecule has 0 bridgehead atoms. The van der Waals surface area contributed by atoms with Gasteiger partial charge in [0.25, 0.3) is 0 Å². The van der Waals surface area contributed by atoms with Gasteiger partial charge in [-0.3, -0.25) is 11.3 Å². The van der Waals surface area contributed by atoms with Gasteiger partial charge in [-0.05, 0) is 44.8 Å². The van der Waals surface area contributed by atoms with Gasteiger partial charge in [-0.1, -0.05) is 12.1 Å². The zero-order valence-electron chi connectivity index (χ0n) is 10.2. The van der Waals surface area contributed by atoms with Crippen LogP contribution < -0.4 is 16.0 Å². The van der Waals surface area contributed by atoms with E-state index in [1.54, 1.807) is 7.11 Å². The van der Waals surface area contributed by atoms with Crippen molar-refractivity contribution in [3.05, 3.63) is 29.8 Å². The van der Waals surface area contributed by atoms with Crippen LogP contribution in [0.4, 0.5) is 0 Å². The van der Waals surface area contributed by atoms with Crippen molar-refractivity contribution in [1.29, 1.82) is 0 Å². The summed E-state index contributed by atoms with van der Waals surface area (Å²) in [5.41, 5.74) is 4.03. The number of benzene rings is 1. The third-order valence-electron chi connectivity index (χ3n) is 2.58. The first-order chi connectivity index (χ1) is 7.67. The average Bonchev–Trinajstić information content (AvgIpc) is 2.30. The smallest absolute Gasteiger partial charge is 0.118 e. The number of nitrogens with one attached hydrogen (secondary N) is 1. The van der Waals surface area contributed by atoms with Gasteiger partial charge < -0.3 is 9.64 Å². The van der Waals surface area contributed by atoms with Crippen LogP contribution in [0.5, 0.6) is 5.75 Å². The first kappa shape index (κ1) is 13.0. The molecule has 1 aromatic rings. The minimum absolute atomic E-state index is 0.188. The summed E-state index contributed by atoms with van der Waals surface area (Å²) in [7, 11) is 5.78. The molecule has 0 radical (unpaired) electrons. The minimum Gasteiger partial charge on any atom is -0.497 e. The maximum atomic E-state index is 5.56. The van der Waals surface area contributed by atoms with E-state index in [1.807, 2.05) is 24.3 Å². The Kier molecular flexibility index (Phi) is 5.25. The highest BCUT2D eigenvalue weighted by atomic mass is 16.5. The van der Waals surface area contributed by atoms with Crippen molar-refractivity contribution in [3.8, 4) is 5.75 Å². The summed E-state index contributed by atoms with van der Waals surface area (Å²) in [6.07, 6.45) is 0.982. The normalized spacial score (nSPS) is 12.8. The lowest BCUT2D eigenvalue weighted by molar-refractivity contribution is 0.362. The van der Waals surface area contributed by atoms with Crippen LogP contribution in [-0.4, -0.2) is 32.6 Å². The van der Waals surface area contributed by atoms with Crippen molar-refractivity contribution in [2.75, 3.05) is 27.7 Å². The Morgan fingerprint density at radius 2 is 1.94 bits per heavy atom. The number of hydrazine groups is 1. The molecule has 3 N–H and O–H groups in total. The van der Waals surface area contributed by atoms with Gasteiger partial charge in [0.15, 0.2) is 0 Å². The third kappa shape index (κ3) is 3.81. The Bertz CT molecular complexity index is 298. The van der Waals surface area contributed by atoms with Gasteiger partial charge in [-0.25, -0.2) is 0 Å². The van der Waals surface area contributed by atoms with Gasteiger partial charge in [0.05, 0.1) is 7.11 Å². The molecule has 0 saturated heterocycles. The summed E-state index contributed by atoms with van der Waals surface area (Å²) in [5.74, 6) is 6.43. The van der Waals surface area contributed by atoms with Gasteiger partial charge in [-0.15, -0.1) is 0 Å². The van der Waals surface area contributed by atoms with Gasteiger partial charge >= 0.3 is 0 Å². The number of rotatable bonds is 6. The molecule has 90 valence electrons. The highest BCUT2D eigenvalue weighted by Gasteiger charge is 2.09. The van der Waals surface area contributed by atoms with E-state index in [0.717, 1.165) is 18.7 Å². The van der Waals surface area contributed by atoms with Gasteiger partial charge in [-0.2, -0.15) is 0 Å². The van der Waals surface area contributed by atoms with Crippen LogP contribution in [0.3, 0.4) is 0 Å². The second-order valence-corrected chi connectivity index (χ2v) is 4.08. The Balaban J connectivity index is 2.63. The van der Waals surface area contributed by atoms with E-state index in [0.29, 0.717) is 0 Å². The quantitative estimate of drug-likeness (QED) is 0.561. The first-order valence-corrected chi connectivity index (χ1v) is 5.42. The number of nitrogens with zero attached hydrogens (tertiary/aromatic N) is 1. The van der Waals surface area contributed by atoms with E-state index in [1.165, 1.54) is 5.56 Å². The Morgan fingerprint density at radius 3 is 2.38 bits per heavy atom. The van der Waals surface area contributed by atoms with E-state index in [4.69, 9.17) is 10.6 Å². The SMILES string of the molecule is COc1ccc(C(CCN(C)C)NN)cc1. The fourth-order valence-electron chi connectivity index (χ4n) is 1.57. The zero-order valence-corrected chi connectivity index (χ0v) is 10.2. The summed E-state index contributed by atoms with van der Waals surface area (Å²) in [5, 5.41) is 0. The minimum atomic E-state index is 0.188. The second kappa shape index (κ2) is 6.48. The predicted octanol–water partition coefficient (Wildman–Crippen LogP) is 1.15. The van der Waals surface area contributed by atoms with Crippen LogP contribution in [-0.2, 0) is 0 Å². The maximum Gasteiger partial charge on any atom is 0.118 e. The summed E-state index contributed by atoms with van der Waals surface area (Å²) >= 11 is 0. The van der Waals surface area contributed by atoms with Crippen molar-refractivity contribution in [2.45, 2.75) is 12.5 Å². The molecule has 0 spiro atoms. The van der Waals surface area contributed by atoms with Gasteiger partial charge in [0.2, 0.25) is 0 Å². The van der Waals surface area contributed by atoms with Gasteiger partial charge in [0, 0.05) is 6.04 Å². The van der Waals surface area contributed by atoms with Crippen molar-refractivity contribution >= 4 is 0 Å². The highest BCUT2D eigenvalue weighted by molar-refractivity contribution is 5.29. The zero-order chi connectivity index (χ0) is 12.0. The number of nitrogens with two attached hydrogens (primary N) is 1. The molecule has 16 heavy (non-hydrogen) atoms. The van der Waals surface area contributed by atoms with Crippen LogP contribution in [0, 0.1) is 0 Å². The van der Waals surface area contributed by atoms with Crippen LogP contribution in [0.1, 0.15) is 18.0 Å². The number of ether oxygens (including phenoxy) is 1. The van der Waals surface area contributed by atoms with Crippen molar-refractivity contribution in [2.24, 2.45) is 5.84 Å². The lowest BCUT2D eigenvalue weighted by atomic mass is 10.0. The average molecular weight is 223 g/mol. The van der Waals surface area contributed by atoms with E-state index in [-0.39, 0.29) is 6.04 Å². The fourth-order valence-corrected chi connectivity index (χ4v) is 1.57. The van der Waals surface area contributed by atoms with Crippen LogP contribution >= 0.6 is 0 Å². The summed E-state index contributed by atoms with van der Waals surface area (Å²) in [6.45, 7) is 1.00. The molecule has 0 heterocycles. The molecule has 1 atom stereocenters.